The highest BCUT2D eigenvalue weighted by atomic mass is 16.5. The number of ether oxygens (including phenoxy) is 3. The number of hydrazone groups is 2. The van der Waals surface area contributed by atoms with E-state index in [1.54, 1.807) is 0 Å². The number of para-hydroxylation sites is 2. The molecule has 224 valence electrons. The summed E-state index contributed by atoms with van der Waals surface area (Å²) in [6.45, 7) is 12.3. The molecule has 0 bridgehead atoms. The zero-order chi connectivity index (χ0) is 30.6. The lowest BCUT2D eigenvalue weighted by atomic mass is 10.1. The average Bonchev–Trinajstić information content (AvgIpc) is 3.07. The Morgan fingerprint density at radius 3 is 1.55 bits per heavy atom. The lowest BCUT2D eigenvalue weighted by molar-refractivity contribution is 0.258. The van der Waals surface area contributed by atoms with E-state index in [2.05, 4.69) is 49.2 Å². The van der Waals surface area contributed by atoms with Gasteiger partial charge in [0.25, 0.3) is 0 Å². The van der Waals surface area contributed by atoms with Gasteiger partial charge in [-0.15, -0.1) is 0 Å². The standard InChI is InChI=1S/C36H37N5O3/c1-4-39-33-19-17-29(27-37-40(21-23-42-5-2)31-13-9-7-10-14-31)25-35(33)44-36-26-30(18-20-34(36)39)28-38-41(22-24-43-6-3)32-15-11-8-12-16-32/h5-20,25-28H,2-4,21-24H2,1H3/b37-27+,38-28+. The van der Waals surface area contributed by atoms with E-state index in [0.29, 0.717) is 26.3 Å². The molecule has 0 radical (unpaired) electrons. The van der Waals surface area contributed by atoms with E-state index >= 15 is 0 Å². The molecular formula is C36H37N5O3. The smallest absolute Gasteiger partial charge is 0.151 e. The molecule has 0 saturated carbocycles. The highest BCUT2D eigenvalue weighted by molar-refractivity contribution is 5.88. The van der Waals surface area contributed by atoms with Crippen molar-refractivity contribution < 1.29 is 14.2 Å². The van der Waals surface area contributed by atoms with Crippen LogP contribution in [0.3, 0.4) is 0 Å². The minimum absolute atomic E-state index is 0.475. The van der Waals surface area contributed by atoms with Gasteiger partial charge in [-0.1, -0.05) is 61.7 Å². The molecule has 0 unspecified atom stereocenters. The minimum atomic E-state index is 0.475. The number of rotatable bonds is 15. The summed E-state index contributed by atoms with van der Waals surface area (Å²) in [7, 11) is 0. The monoisotopic (exact) mass is 587 g/mol. The molecule has 1 aliphatic heterocycles. The van der Waals surface area contributed by atoms with Gasteiger partial charge in [0.15, 0.2) is 11.5 Å². The van der Waals surface area contributed by atoms with Gasteiger partial charge < -0.3 is 19.1 Å². The third-order valence-electron chi connectivity index (χ3n) is 6.96. The van der Waals surface area contributed by atoms with Crippen molar-refractivity contribution >= 4 is 35.2 Å². The Bertz CT molecular complexity index is 1470. The van der Waals surface area contributed by atoms with Crippen LogP contribution in [-0.4, -0.2) is 45.3 Å². The van der Waals surface area contributed by atoms with E-state index in [1.807, 2.05) is 95.2 Å². The van der Waals surface area contributed by atoms with Crippen molar-refractivity contribution in [2.24, 2.45) is 10.2 Å². The van der Waals surface area contributed by atoms with Gasteiger partial charge in [0.2, 0.25) is 0 Å². The van der Waals surface area contributed by atoms with E-state index in [4.69, 9.17) is 24.4 Å². The van der Waals surface area contributed by atoms with E-state index in [0.717, 1.165) is 51.9 Å². The molecule has 8 heteroatoms. The summed E-state index contributed by atoms with van der Waals surface area (Å²) in [6.07, 6.45) is 6.57. The van der Waals surface area contributed by atoms with Crippen molar-refractivity contribution in [3.8, 4) is 11.5 Å². The zero-order valence-corrected chi connectivity index (χ0v) is 25.0. The highest BCUT2D eigenvalue weighted by Gasteiger charge is 2.24. The summed E-state index contributed by atoms with van der Waals surface area (Å²) in [6, 6.07) is 32.3. The molecule has 0 spiro atoms. The highest BCUT2D eigenvalue weighted by Crippen LogP contribution is 2.46. The molecule has 0 amide bonds. The molecule has 8 nitrogen and oxygen atoms in total. The summed E-state index contributed by atoms with van der Waals surface area (Å²) >= 11 is 0. The Morgan fingerprint density at radius 1 is 0.682 bits per heavy atom. The number of anilines is 4. The van der Waals surface area contributed by atoms with Gasteiger partial charge in [0, 0.05) is 6.54 Å². The Morgan fingerprint density at radius 2 is 1.14 bits per heavy atom. The second kappa shape index (κ2) is 15.1. The van der Waals surface area contributed by atoms with Gasteiger partial charge in [-0.3, -0.25) is 10.0 Å². The molecular weight excluding hydrogens is 550 g/mol. The van der Waals surface area contributed by atoms with Crippen LogP contribution in [0.15, 0.2) is 133 Å². The van der Waals surface area contributed by atoms with Crippen LogP contribution in [0, 0.1) is 0 Å². The predicted molar refractivity (Wildman–Crippen MR) is 181 cm³/mol. The van der Waals surface area contributed by atoms with Crippen molar-refractivity contribution in [2.45, 2.75) is 6.92 Å². The molecule has 0 fully saturated rings. The third kappa shape index (κ3) is 7.46. The summed E-state index contributed by atoms with van der Waals surface area (Å²) < 4.78 is 17.2. The van der Waals surface area contributed by atoms with Crippen LogP contribution in [-0.2, 0) is 9.47 Å². The molecule has 1 heterocycles. The van der Waals surface area contributed by atoms with Crippen molar-refractivity contribution in [2.75, 3.05) is 47.8 Å². The molecule has 5 rings (SSSR count). The van der Waals surface area contributed by atoms with Crippen LogP contribution in [0.4, 0.5) is 22.7 Å². The topological polar surface area (TPSA) is 62.1 Å². The largest absolute Gasteiger partial charge is 0.500 e. The predicted octanol–water partition coefficient (Wildman–Crippen LogP) is 7.95. The third-order valence-corrected chi connectivity index (χ3v) is 6.96. The summed E-state index contributed by atoms with van der Waals surface area (Å²) in [5.74, 6) is 1.54. The van der Waals surface area contributed by atoms with Crippen molar-refractivity contribution in [3.63, 3.8) is 0 Å². The van der Waals surface area contributed by atoms with Crippen LogP contribution in [0.1, 0.15) is 18.1 Å². The fourth-order valence-corrected chi connectivity index (χ4v) is 4.85. The molecule has 0 N–H and O–H groups in total. The quantitative estimate of drug-likeness (QED) is 0.0609. The maximum Gasteiger partial charge on any atom is 0.151 e. The number of benzene rings is 4. The Hall–Kier alpha value is -5.50. The normalized spacial score (nSPS) is 11.9. The molecule has 4 aromatic carbocycles. The molecule has 0 aliphatic carbocycles. The fourth-order valence-electron chi connectivity index (χ4n) is 4.85. The first-order chi connectivity index (χ1) is 21.7. The first kappa shape index (κ1) is 30.0. The number of nitrogens with zero attached hydrogens (tertiary/aromatic N) is 5. The van der Waals surface area contributed by atoms with Crippen LogP contribution in [0.5, 0.6) is 11.5 Å². The average molecular weight is 588 g/mol. The summed E-state index contributed by atoms with van der Waals surface area (Å²) in [5, 5.41) is 13.3. The molecule has 4 aromatic rings. The van der Waals surface area contributed by atoms with E-state index in [-0.39, 0.29) is 0 Å². The van der Waals surface area contributed by atoms with Gasteiger partial charge >= 0.3 is 0 Å². The molecule has 0 atom stereocenters. The maximum atomic E-state index is 6.48. The van der Waals surface area contributed by atoms with Gasteiger partial charge in [-0.25, -0.2) is 0 Å². The van der Waals surface area contributed by atoms with Gasteiger partial charge in [-0.2, -0.15) is 10.2 Å². The Balaban J connectivity index is 1.37. The second-order valence-corrected chi connectivity index (χ2v) is 9.78. The lowest BCUT2D eigenvalue weighted by Gasteiger charge is -2.32. The van der Waals surface area contributed by atoms with Crippen molar-refractivity contribution in [3.05, 3.63) is 134 Å². The van der Waals surface area contributed by atoms with E-state index < -0.39 is 0 Å². The van der Waals surface area contributed by atoms with E-state index in [9.17, 15) is 0 Å². The molecule has 44 heavy (non-hydrogen) atoms. The van der Waals surface area contributed by atoms with Crippen LogP contribution < -0.4 is 19.7 Å². The second-order valence-electron chi connectivity index (χ2n) is 9.78. The number of hydrogen-bond acceptors (Lipinski definition) is 8. The maximum absolute atomic E-state index is 6.48. The van der Waals surface area contributed by atoms with Crippen LogP contribution >= 0.6 is 0 Å². The summed E-state index contributed by atoms with van der Waals surface area (Å²) in [5.41, 5.74) is 5.82. The van der Waals surface area contributed by atoms with E-state index in [1.165, 1.54) is 12.5 Å². The number of hydrogen-bond donors (Lipinski definition) is 0. The Kier molecular flexibility index (Phi) is 10.3. The number of fused-ring (bicyclic) bond motifs is 2. The van der Waals surface area contributed by atoms with Gasteiger partial charge in [0.1, 0.15) is 13.2 Å². The molecule has 0 aromatic heterocycles. The molecule has 1 aliphatic rings. The van der Waals surface area contributed by atoms with Crippen LogP contribution in [0.25, 0.3) is 0 Å². The Labute approximate surface area is 259 Å². The van der Waals surface area contributed by atoms with Gasteiger partial charge in [-0.05, 0) is 66.6 Å². The SMILES string of the molecule is C=COCCN(/N=C/c1ccc2c(c1)Oc1cc(/C=N/N(CCOC=C)c3ccccc3)ccc1N2CC)c1ccccc1. The lowest BCUT2D eigenvalue weighted by Crippen LogP contribution is -2.22. The summed E-state index contributed by atoms with van der Waals surface area (Å²) in [4.78, 5) is 2.25. The molecule has 0 saturated heterocycles. The van der Waals surface area contributed by atoms with Gasteiger partial charge in [0.05, 0.1) is 60.8 Å². The van der Waals surface area contributed by atoms with Crippen molar-refractivity contribution in [1.82, 2.24) is 0 Å². The minimum Gasteiger partial charge on any atom is -0.500 e. The first-order valence-corrected chi connectivity index (χ1v) is 14.6. The first-order valence-electron chi connectivity index (χ1n) is 14.6. The van der Waals surface area contributed by atoms with Crippen LogP contribution in [0.2, 0.25) is 0 Å². The zero-order valence-electron chi connectivity index (χ0n) is 25.0. The fraction of sp³-hybridized carbons (Fsp3) is 0.167. The van der Waals surface area contributed by atoms with Crippen molar-refractivity contribution in [1.29, 1.82) is 0 Å².